The first-order chi connectivity index (χ1) is 5.29. The maximum absolute atomic E-state index is 11.0. The third kappa shape index (κ3) is 0.756. The smallest absolute Gasteiger partial charge is 0.282 e. The molecular weight excluding hydrogens is 142 g/mol. The van der Waals surface area contributed by atoms with Crippen LogP contribution in [0.2, 0.25) is 0 Å². The summed E-state index contributed by atoms with van der Waals surface area (Å²) in [6, 6.07) is 1.73. The van der Waals surface area contributed by atoms with Crippen LogP contribution in [0.15, 0.2) is 23.4 Å². The highest BCUT2D eigenvalue weighted by atomic mass is 16.1. The van der Waals surface area contributed by atoms with Gasteiger partial charge in [0.15, 0.2) is 0 Å². The van der Waals surface area contributed by atoms with Crippen molar-refractivity contribution >= 4 is 11.0 Å². The second-order valence-electron chi connectivity index (χ2n) is 2.40. The van der Waals surface area contributed by atoms with E-state index in [1.165, 1.54) is 6.33 Å². The van der Waals surface area contributed by atoms with Gasteiger partial charge in [-0.3, -0.25) is 4.79 Å². The fourth-order valence-corrected chi connectivity index (χ4v) is 1.09. The van der Waals surface area contributed by atoms with E-state index < -0.39 is 0 Å². The van der Waals surface area contributed by atoms with Crippen molar-refractivity contribution in [3.05, 3.63) is 28.9 Å². The summed E-state index contributed by atoms with van der Waals surface area (Å²) in [5.41, 5.74) is 0.629. The van der Waals surface area contributed by atoms with Crippen molar-refractivity contribution in [1.82, 2.24) is 14.5 Å². The lowest BCUT2D eigenvalue weighted by atomic mass is 10.4. The van der Waals surface area contributed by atoms with Crippen molar-refractivity contribution < 1.29 is 0 Å². The highest BCUT2D eigenvalue weighted by Crippen LogP contribution is 2.02. The second kappa shape index (κ2) is 1.95. The number of aromatic amines is 1. The summed E-state index contributed by atoms with van der Waals surface area (Å²) in [5.74, 6) is 0. The zero-order chi connectivity index (χ0) is 7.84. The number of nitrogens with one attached hydrogen (secondary N) is 1. The van der Waals surface area contributed by atoms with E-state index in [1.807, 2.05) is 7.05 Å². The van der Waals surface area contributed by atoms with Crippen molar-refractivity contribution in [2.24, 2.45) is 7.05 Å². The average molecular weight is 149 g/mol. The summed E-state index contributed by atoms with van der Waals surface area (Å²) in [7, 11) is 1.84. The molecule has 0 saturated carbocycles. The number of aryl methyl sites for hydroxylation is 1. The number of aromatic nitrogens is 3. The van der Waals surface area contributed by atoms with Gasteiger partial charge in [-0.25, -0.2) is 0 Å². The third-order valence-corrected chi connectivity index (χ3v) is 1.66. The highest BCUT2D eigenvalue weighted by molar-refractivity contribution is 5.74. The summed E-state index contributed by atoms with van der Waals surface area (Å²) in [6.45, 7) is 0. The Hall–Kier alpha value is -1.58. The lowest BCUT2D eigenvalue weighted by molar-refractivity contribution is 0.889. The number of fused-ring (bicyclic) bond motifs is 1. The van der Waals surface area contributed by atoms with Gasteiger partial charge in [-0.15, -0.1) is 0 Å². The van der Waals surface area contributed by atoms with E-state index in [2.05, 4.69) is 9.97 Å². The van der Waals surface area contributed by atoms with Crippen LogP contribution in [0.25, 0.3) is 11.0 Å². The molecule has 1 N–H and O–H groups in total. The number of hydrogen-bond donors (Lipinski definition) is 1. The van der Waals surface area contributed by atoms with Gasteiger partial charge in [0.2, 0.25) is 0 Å². The van der Waals surface area contributed by atoms with E-state index in [4.69, 9.17) is 0 Å². The van der Waals surface area contributed by atoms with Crippen LogP contribution in [-0.2, 0) is 7.05 Å². The van der Waals surface area contributed by atoms with Gasteiger partial charge < -0.3 is 9.55 Å². The van der Waals surface area contributed by atoms with Crippen molar-refractivity contribution in [1.29, 1.82) is 0 Å². The Kier molecular flexibility index (Phi) is 1.09. The lowest BCUT2D eigenvalue weighted by Gasteiger charge is -1.96. The predicted octanol–water partition coefficient (Wildman–Crippen LogP) is 0.262. The minimum absolute atomic E-state index is 0.181. The molecular formula is C7H7N3O. The molecule has 2 heterocycles. The normalized spacial score (nSPS) is 10.6. The monoisotopic (exact) mass is 149 g/mol. The molecule has 4 heteroatoms. The first-order valence-corrected chi connectivity index (χ1v) is 3.28. The summed E-state index contributed by atoms with van der Waals surface area (Å²) in [6.07, 6.45) is 3.23. The molecule has 2 aromatic heterocycles. The van der Waals surface area contributed by atoms with E-state index in [0.29, 0.717) is 5.39 Å². The Bertz CT molecular complexity index is 440. The molecule has 11 heavy (non-hydrogen) atoms. The molecule has 0 fully saturated rings. The van der Waals surface area contributed by atoms with Gasteiger partial charge in [-0.05, 0) is 6.07 Å². The molecule has 4 nitrogen and oxygen atoms in total. The fourth-order valence-electron chi connectivity index (χ4n) is 1.09. The van der Waals surface area contributed by atoms with Crippen LogP contribution >= 0.6 is 0 Å². The Morgan fingerprint density at radius 1 is 1.64 bits per heavy atom. The summed E-state index contributed by atoms with van der Waals surface area (Å²) in [4.78, 5) is 17.7. The first kappa shape index (κ1) is 6.15. The standard InChI is InChI=1S/C7H7N3O/c1-10-4-9-7(11)5-2-3-8-6(5)10/h2-4,8H,1H3. The van der Waals surface area contributed by atoms with Gasteiger partial charge in [0, 0.05) is 13.2 Å². The Balaban J connectivity index is 3.08. The van der Waals surface area contributed by atoms with E-state index in [9.17, 15) is 4.79 Å². The van der Waals surface area contributed by atoms with Crippen LogP contribution in [0.5, 0.6) is 0 Å². The maximum Gasteiger partial charge on any atom is 0.282 e. The van der Waals surface area contributed by atoms with E-state index in [0.717, 1.165) is 5.65 Å². The lowest BCUT2D eigenvalue weighted by Crippen LogP contribution is -2.08. The van der Waals surface area contributed by atoms with Gasteiger partial charge in [-0.1, -0.05) is 0 Å². The SMILES string of the molecule is Cn1cnc(=O)c2cc[nH]c21. The average Bonchev–Trinajstić information content (AvgIpc) is 2.45. The zero-order valence-electron chi connectivity index (χ0n) is 6.03. The molecule has 0 spiro atoms. The number of hydrogen-bond acceptors (Lipinski definition) is 2. The van der Waals surface area contributed by atoms with Gasteiger partial charge >= 0.3 is 0 Å². The second-order valence-corrected chi connectivity index (χ2v) is 2.40. The number of rotatable bonds is 0. The molecule has 2 aromatic rings. The summed E-state index contributed by atoms with van der Waals surface area (Å²) in [5, 5.41) is 0.634. The Morgan fingerprint density at radius 2 is 2.45 bits per heavy atom. The molecule has 0 aromatic carbocycles. The predicted molar refractivity (Wildman–Crippen MR) is 41.3 cm³/mol. The topological polar surface area (TPSA) is 50.7 Å². The molecule has 56 valence electrons. The van der Waals surface area contributed by atoms with Crippen LogP contribution in [0.3, 0.4) is 0 Å². The number of H-pyrrole nitrogens is 1. The van der Waals surface area contributed by atoms with Crippen LogP contribution in [0.4, 0.5) is 0 Å². The molecule has 0 amide bonds. The van der Waals surface area contributed by atoms with Gasteiger partial charge in [-0.2, -0.15) is 4.98 Å². The Labute approximate surface area is 62.5 Å². The van der Waals surface area contributed by atoms with Crippen LogP contribution in [-0.4, -0.2) is 14.5 Å². The largest absolute Gasteiger partial charge is 0.347 e. The molecule has 0 bridgehead atoms. The van der Waals surface area contributed by atoms with Crippen LogP contribution in [0, 0.1) is 0 Å². The minimum atomic E-state index is -0.181. The Morgan fingerprint density at radius 3 is 3.18 bits per heavy atom. The van der Waals surface area contributed by atoms with Gasteiger partial charge in [0.25, 0.3) is 5.56 Å². The van der Waals surface area contributed by atoms with Crippen LogP contribution in [0.1, 0.15) is 0 Å². The highest BCUT2D eigenvalue weighted by Gasteiger charge is 1.99. The van der Waals surface area contributed by atoms with E-state index in [1.54, 1.807) is 16.8 Å². The zero-order valence-corrected chi connectivity index (χ0v) is 6.03. The number of nitrogens with zero attached hydrogens (tertiary/aromatic N) is 2. The van der Waals surface area contributed by atoms with Crippen molar-refractivity contribution in [3.8, 4) is 0 Å². The van der Waals surface area contributed by atoms with Gasteiger partial charge in [0.05, 0.1) is 5.39 Å². The quantitative estimate of drug-likeness (QED) is 0.584. The molecule has 0 saturated heterocycles. The molecule has 2 rings (SSSR count). The van der Waals surface area contributed by atoms with Crippen LogP contribution < -0.4 is 5.56 Å². The molecule has 0 radical (unpaired) electrons. The van der Waals surface area contributed by atoms with E-state index >= 15 is 0 Å². The maximum atomic E-state index is 11.0. The molecule has 0 aliphatic carbocycles. The van der Waals surface area contributed by atoms with Crippen molar-refractivity contribution in [2.75, 3.05) is 0 Å². The molecule has 0 aliphatic heterocycles. The molecule has 0 atom stereocenters. The fraction of sp³-hybridized carbons (Fsp3) is 0.143. The summed E-state index contributed by atoms with van der Waals surface area (Å²) < 4.78 is 1.77. The van der Waals surface area contributed by atoms with E-state index in [-0.39, 0.29) is 5.56 Å². The van der Waals surface area contributed by atoms with Crippen molar-refractivity contribution in [3.63, 3.8) is 0 Å². The molecule has 0 unspecified atom stereocenters. The van der Waals surface area contributed by atoms with Gasteiger partial charge in [0.1, 0.15) is 12.0 Å². The third-order valence-electron chi connectivity index (χ3n) is 1.66. The van der Waals surface area contributed by atoms with Crippen molar-refractivity contribution in [2.45, 2.75) is 0 Å². The minimum Gasteiger partial charge on any atom is -0.347 e. The summed E-state index contributed by atoms with van der Waals surface area (Å²) >= 11 is 0. The first-order valence-electron chi connectivity index (χ1n) is 3.28. The molecule has 0 aliphatic rings.